The standard InChI is InChI=1S/C26H28N2O5/c1-5-6-13-28-23(19-15-27(2)20-10-8-7-9-17(19)20)22(25(30)26(28)31)24(29)18-14-16(32-3)11-12-21(18)33-4/h7-12,14-15,23,29H,5-6,13H2,1-4H3/b24-22+. The SMILES string of the molecule is CCCCN1C(=O)C(=O)/C(=C(/O)c2cc(OC)ccc2OC)C1c1cn(C)c2ccccc12. The Morgan fingerprint density at radius 1 is 1.09 bits per heavy atom. The molecule has 0 saturated carbocycles. The molecule has 1 unspecified atom stereocenters. The predicted octanol–water partition coefficient (Wildman–Crippen LogP) is 4.42. The fraction of sp³-hybridized carbons (Fsp3) is 0.308. The molecule has 7 nitrogen and oxygen atoms in total. The third-order valence-corrected chi connectivity index (χ3v) is 6.18. The second kappa shape index (κ2) is 9.02. The van der Waals surface area contributed by atoms with E-state index in [1.807, 2.05) is 49.0 Å². The van der Waals surface area contributed by atoms with Crippen LogP contribution >= 0.6 is 0 Å². The third kappa shape index (κ3) is 3.73. The lowest BCUT2D eigenvalue weighted by molar-refractivity contribution is -0.139. The van der Waals surface area contributed by atoms with Crippen molar-refractivity contribution in [2.75, 3.05) is 20.8 Å². The molecule has 4 rings (SSSR count). The van der Waals surface area contributed by atoms with E-state index in [-0.39, 0.29) is 11.3 Å². The van der Waals surface area contributed by atoms with Crippen molar-refractivity contribution >= 4 is 28.4 Å². The molecule has 1 fully saturated rings. The molecule has 3 aromatic rings. The lowest BCUT2D eigenvalue weighted by atomic mass is 9.94. The van der Waals surface area contributed by atoms with Gasteiger partial charge >= 0.3 is 0 Å². The molecule has 0 spiro atoms. The van der Waals surface area contributed by atoms with Crippen LogP contribution in [0.2, 0.25) is 0 Å². The van der Waals surface area contributed by atoms with Gasteiger partial charge in [0.15, 0.2) is 0 Å². The Morgan fingerprint density at radius 3 is 2.55 bits per heavy atom. The number of fused-ring (bicyclic) bond motifs is 1. The van der Waals surface area contributed by atoms with E-state index in [2.05, 4.69) is 0 Å². The number of ether oxygens (including phenoxy) is 2. The van der Waals surface area contributed by atoms with Crippen LogP contribution in [0.4, 0.5) is 0 Å². The average Bonchev–Trinajstić information content (AvgIpc) is 3.30. The number of carbonyl (C=O) groups is 2. The first-order valence-electron chi connectivity index (χ1n) is 11.0. The number of methoxy groups -OCH3 is 2. The first-order chi connectivity index (χ1) is 15.9. The van der Waals surface area contributed by atoms with Gasteiger partial charge in [-0.3, -0.25) is 9.59 Å². The fourth-order valence-corrected chi connectivity index (χ4v) is 4.50. The monoisotopic (exact) mass is 448 g/mol. The largest absolute Gasteiger partial charge is 0.507 e. The number of aliphatic hydroxyl groups is 1. The van der Waals surface area contributed by atoms with Crippen molar-refractivity contribution in [2.45, 2.75) is 25.8 Å². The van der Waals surface area contributed by atoms with Crippen molar-refractivity contribution in [3.05, 3.63) is 65.4 Å². The highest BCUT2D eigenvalue weighted by atomic mass is 16.5. The maximum Gasteiger partial charge on any atom is 0.295 e. The molecule has 1 aliphatic heterocycles. The second-order valence-corrected chi connectivity index (χ2v) is 8.12. The van der Waals surface area contributed by atoms with Gasteiger partial charge in [-0.15, -0.1) is 0 Å². The van der Waals surface area contributed by atoms with Crippen LogP contribution in [0.25, 0.3) is 16.7 Å². The summed E-state index contributed by atoms with van der Waals surface area (Å²) < 4.78 is 12.7. The van der Waals surface area contributed by atoms with E-state index >= 15 is 0 Å². The summed E-state index contributed by atoms with van der Waals surface area (Å²) in [6, 6.07) is 12.1. The van der Waals surface area contributed by atoms with E-state index in [0.717, 1.165) is 29.3 Å². The van der Waals surface area contributed by atoms with Gasteiger partial charge in [0.05, 0.1) is 31.4 Å². The number of likely N-dealkylation sites (tertiary alicyclic amines) is 1. The van der Waals surface area contributed by atoms with E-state index < -0.39 is 17.7 Å². The van der Waals surface area contributed by atoms with Crippen LogP contribution in [0.1, 0.15) is 36.9 Å². The lowest BCUT2D eigenvalue weighted by Crippen LogP contribution is -2.30. The summed E-state index contributed by atoms with van der Waals surface area (Å²) in [5.74, 6) is -0.707. The van der Waals surface area contributed by atoms with Gasteiger partial charge in [-0.1, -0.05) is 31.5 Å². The lowest BCUT2D eigenvalue weighted by Gasteiger charge is -2.25. The minimum absolute atomic E-state index is 0.0546. The molecule has 1 aromatic heterocycles. The van der Waals surface area contributed by atoms with Gasteiger partial charge in [-0.2, -0.15) is 0 Å². The molecule has 7 heteroatoms. The quantitative estimate of drug-likeness (QED) is 0.329. The van der Waals surface area contributed by atoms with Crippen molar-refractivity contribution in [2.24, 2.45) is 7.05 Å². The highest BCUT2D eigenvalue weighted by Gasteiger charge is 2.47. The van der Waals surface area contributed by atoms with Crippen LogP contribution < -0.4 is 9.47 Å². The summed E-state index contributed by atoms with van der Waals surface area (Å²) in [5.41, 5.74) is 2.13. The smallest absolute Gasteiger partial charge is 0.295 e. The number of benzene rings is 2. The first kappa shape index (κ1) is 22.5. The highest BCUT2D eigenvalue weighted by molar-refractivity contribution is 6.46. The number of para-hydroxylation sites is 1. The van der Waals surface area contributed by atoms with Crippen LogP contribution in [-0.4, -0.2) is 47.0 Å². The van der Waals surface area contributed by atoms with Gasteiger partial charge in [0.2, 0.25) is 0 Å². The molecule has 2 aromatic carbocycles. The third-order valence-electron chi connectivity index (χ3n) is 6.18. The molecule has 172 valence electrons. The number of nitrogens with zero attached hydrogens (tertiary/aromatic N) is 2. The molecule has 1 amide bonds. The van der Waals surface area contributed by atoms with Gasteiger partial charge in [-0.05, 0) is 30.7 Å². The molecule has 0 bridgehead atoms. The van der Waals surface area contributed by atoms with Gasteiger partial charge in [0.1, 0.15) is 17.3 Å². The fourth-order valence-electron chi connectivity index (χ4n) is 4.50. The second-order valence-electron chi connectivity index (χ2n) is 8.12. The number of amides is 1. The van der Waals surface area contributed by atoms with Gasteiger partial charge < -0.3 is 24.0 Å². The normalized spacial score (nSPS) is 17.7. The summed E-state index contributed by atoms with van der Waals surface area (Å²) in [4.78, 5) is 28.0. The summed E-state index contributed by atoms with van der Waals surface area (Å²) in [5, 5.41) is 12.4. The summed E-state index contributed by atoms with van der Waals surface area (Å²) in [6.07, 6.45) is 3.54. The van der Waals surface area contributed by atoms with Crippen molar-refractivity contribution in [1.29, 1.82) is 0 Å². The van der Waals surface area contributed by atoms with Crippen LogP contribution in [0.5, 0.6) is 11.5 Å². The average molecular weight is 449 g/mol. The zero-order valence-corrected chi connectivity index (χ0v) is 19.3. The number of hydrogen-bond acceptors (Lipinski definition) is 5. The Labute approximate surface area is 192 Å². The number of aliphatic hydroxyl groups excluding tert-OH is 1. The van der Waals surface area contributed by atoms with Gasteiger partial charge in [0.25, 0.3) is 11.7 Å². The Kier molecular flexibility index (Phi) is 6.14. The number of Topliss-reactive ketones (excluding diaryl/α,β-unsaturated/α-hetero) is 1. The minimum atomic E-state index is -0.710. The van der Waals surface area contributed by atoms with Crippen LogP contribution in [0.3, 0.4) is 0 Å². The summed E-state index contributed by atoms with van der Waals surface area (Å²) in [6.45, 7) is 2.45. The van der Waals surface area contributed by atoms with Crippen LogP contribution in [0, 0.1) is 0 Å². The van der Waals surface area contributed by atoms with Crippen molar-refractivity contribution in [3.63, 3.8) is 0 Å². The van der Waals surface area contributed by atoms with E-state index in [9.17, 15) is 14.7 Å². The topological polar surface area (TPSA) is 81.0 Å². The Hall–Kier alpha value is -3.74. The number of ketones is 1. The van der Waals surface area contributed by atoms with Crippen molar-refractivity contribution < 1.29 is 24.2 Å². The van der Waals surface area contributed by atoms with Crippen molar-refractivity contribution in [3.8, 4) is 11.5 Å². The number of carbonyl (C=O) groups excluding carboxylic acids is 2. The van der Waals surface area contributed by atoms with Crippen LogP contribution in [0.15, 0.2) is 54.2 Å². The number of rotatable bonds is 7. The zero-order chi connectivity index (χ0) is 23.7. The highest BCUT2D eigenvalue weighted by Crippen LogP contribution is 2.44. The van der Waals surface area contributed by atoms with Gasteiger partial charge in [0, 0.05) is 36.3 Å². The summed E-state index contributed by atoms with van der Waals surface area (Å²) in [7, 11) is 4.93. The molecular weight excluding hydrogens is 420 g/mol. The Balaban J connectivity index is 1.99. The Bertz CT molecular complexity index is 1260. The van der Waals surface area contributed by atoms with Crippen LogP contribution in [-0.2, 0) is 16.6 Å². The number of aryl methyl sites for hydroxylation is 1. The van der Waals surface area contributed by atoms with E-state index in [1.165, 1.54) is 14.2 Å². The van der Waals surface area contributed by atoms with E-state index in [1.54, 1.807) is 23.1 Å². The van der Waals surface area contributed by atoms with Gasteiger partial charge in [-0.25, -0.2) is 0 Å². The molecule has 1 aliphatic rings. The number of unbranched alkanes of at least 4 members (excludes halogenated alkanes) is 1. The molecule has 1 atom stereocenters. The number of hydrogen-bond donors (Lipinski definition) is 1. The zero-order valence-electron chi connectivity index (χ0n) is 19.3. The predicted molar refractivity (Wildman–Crippen MR) is 126 cm³/mol. The molecule has 33 heavy (non-hydrogen) atoms. The molecular formula is C26H28N2O5. The molecule has 1 saturated heterocycles. The van der Waals surface area contributed by atoms with E-state index in [4.69, 9.17) is 9.47 Å². The first-order valence-corrected chi connectivity index (χ1v) is 11.0. The maximum absolute atomic E-state index is 13.3. The minimum Gasteiger partial charge on any atom is -0.507 e. The molecule has 0 radical (unpaired) electrons. The summed E-state index contributed by atoms with van der Waals surface area (Å²) >= 11 is 0. The molecule has 0 aliphatic carbocycles. The molecule has 1 N–H and O–H groups in total. The maximum atomic E-state index is 13.3. The van der Waals surface area contributed by atoms with E-state index in [0.29, 0.717) is 23.6 Å². The van der Waals surface area contributed by atoms with Crippen molar-refractivity contribution in [1.82, 2.24) is 9.47 Å². The Morgan fingerprint density at radius 2 is 1.85 bits per heavy atom. The molecule has 2 heterocycles. The number of aromatic nitrogens is 1.